The minimum Gasteiger partial charge on any atom is -0.492 e. The Bertz CT molecular complexity index is 647. The number of aromatic nitrogens is 1. The average Bonchev–Trinajstić information content (AvgIpc) is 2.75. The number of para-hydroxylation sites is 1. The van der Waals surface area contributed by atoms with E-state index in [1.54, 1.807) is 0 Å². The average molecular weight is 371 g/mol. The number of fused-ring (bicyclic) bond motifs is 2. The molecular formula is C19H28Cl2N2O. The number of pyridine rings is 1. The summed E-state index contributed by atoms with van der Waals surface area (Å²) >= 11 is 0. The number of halogens is 2. The van der Waals surface area contributed by atoms with E-state index < -0.39 is 0 Å². The van der Waals surface area contributed by atoms with Crippen LogP contribution in [0.5, 0.6) is 5.75 Å². The van der Waals surface area contributed by atoms with Crippen molar-refractivity contribution in [1.82, 2.24) is 9.88 Å². The van der Waals surface area contributed by atoms with Crippen LogP contribution in [0.4, 0.5) is 0 Å². The summed E-state index contributed by atoms with van der Waals surface area (Å²) in [5, 5.41) is 1.17. The largest absolute Gasteiger partial charge is 0.492 e. The molecule has 2 aromatic rings. The van der Waals surface area contributed by atoms with E-state index in [0.29, 0.717) is 0 Å². The highest BCUT2D eigenvalue weighted by Crippen LogP contribution is 2.34. The third-order valence-electron chi connectivity index (χ3n) is 4.36. The molecule has 1 aromatic heterocycles. The highest BCUT2D eigenvalue weighted by molar-refractivity contribution is 5.87. The highest BCUT2D eigenvalue weighted by atomic mass is 35.5. The lowest BCUT2D eigenvalue weighted by molar-refractivity contribution is 0.281. The molecule has 0 fully saturated rings. The first-order valence-corrected chi connectivity index (χ1v) is 8.44. The summed E-state index contributed by atoms with van der Waals surface area (Å²) in [7, 11) is 4.21. The Morgan fingerprint density at radius 2 is 1.79 bits per heavy atom. The standard InChI is InChI=1S/C19H26N2O.2ClH/c1-21(2)13-8-14-22-19-15-9-4-3-5-11-17(15)20-18-12-7-6-10-16(18)19;;/h6-7,10,12H,3-5,8-9,11,13-14H2,1-2H3;2*1H. The maximum Gasteiger partial charge on any atom is 0.133 e. The fourth-order valence-corrected chi connectivity index (χ4v) is 3.23. The van der Waals surface area contributed by atoms with Gasteiger partial charge in [-0.3, -0.25) is 4.98 Å². The molecule has 0 radical (unpaired) electrons. The minimum absolute atomic E-state index is 0. The van der Waals surface area contributed by atoms with Gasteiger partial charge >= 0.3 is 0 Å². The molecule has 0 N–H and O–H groups in total. The van der Waals surface area contributed by atoms with Crippen LogP contribution in [0.15, 0.2) is 24.3 Å². The van der Waals surface area contributed by atoms with E-state index in [0.717, 1.165) is 43.7 Å². The molecule has 3 nitrogen and oxygen atoms in total. The Morgan fingerprint density at radius 3 is 2.58 bits per heavy atom. The molecule has 0 atom stereocenters. The molecule has 0 amide bonds. The number of hydrogen-bond donors (Lipinski definition) is 0. The number of rotatable bonds is 5. The van der Waals surface area contributed by atoms with Gasteiger partial charge in [0.05, 0.1) is 12.1 Å². The van der Waals surface area contributed by atoms with E-state index in [2.05, 4.69) is 43.3 Å². The topological polar surface area (TPSA) is 25.4 Å². The molecule has 0 aliphatic heterocycles. The van der Waals surface area contributed by atoms with Gasteiger partial charge < -0.3 is 9.64 Å². The Morgan fingerprint density at radius 1 is 1.04 bits per heavy atom. The monoisotopic (exact) mass is 370 g/mol. The van der Waals surface area contributed by atoms with Crippen molar-refractivity contribution in [3.05, 3.63) is 35.5 Å². The second-order valence-corrected chi connectivity index (χ2v) is 6.45. The van der Waals surface area contributed by atoms with Crippen molar-refractivity contribution in [3.8, 4) is 5.75 Å². The zero-order valence-electron chi connectivity index (χ0n) is 14.6. The summed E-state index contributed by atoms with van der Waals surface area (Å²) in [5.41, 5.74) is 3.70. The van der Waals surface area contributed by atoms with Gasteiger partial charge in [-0.05, 0) is 58.3 Å². The first-order chi connectivity index (χ1) is 10.8. The van der Waals surface area contributed by atoms with E-state index in [1.807, 2.05) is 0 Å². The zero-order valence-corrected chi connectivity index (χ0v) is 16.2. The van der Waals surface area contributed by atoms with Gasteiger partial charge in [-0.1, -0.05) is 18.6 Å². The van der Waals surface area contributed by atoms with Gasteiger partial charge in [0.15, 0.2) is 0 Å². The van der Waals surface area contributed by atoms with Crippen molar-refractivity contribution in [2.75, 3.05) is 27.2 Å². The van der Waals surface area contributed by atoms with E-state index in [4.69, 9.17) is 9.72 Å². The molecule has 1 aromatic carbocycles. The molecule has 0 bridgehead atoms. The molecule has 1 aliphatic carbocycles. The Balaban J connectivity index is 0.00000144. The summed E-state index contributed by atoms with van der Waals surface area (Å²) in [6.07, 6.45) is 7.05. The SMILES string of the molecule is CN(C)CCCOc1c2c(nc3ccccc13)CCCCC2.Cl.Cl. The lowest BCUT2D eigenvalue weighted by Crippen LogP contribution is -2.16. The molecule has 3 rings (SSSR count). The normalized spacial score (nSPS) is 13.6. The first-order valence-electron chi connectivity index (χ1n) is 8.44. The fraction of sp³-hybridized carbons (Fsp3) is 0.526. The van der Waals surface area contributed by atoms with Gasteiger partial charge in [0.1, 0.15) is 5.75 Å². The molecule has 0 saturated heterocycles. The maximum atomic E-state index is 6.26. The molecule has 5 heteroatoms. The lowest BCUT2D eigenvalue weighted by Gasteiger charge is -2.17. The summed E-state index contributed by atoms with van der Waals surface area (Å²) in [4.78, 5) is 7.11. The molecule has 0 unspecified atom stereocenters. The van der Waals surface area contributed by atoms with E-state index >= 15 is 0 Å². The number of benzene rings is 1. The van der Waals surface area contributed by atoms with Gasteiger partial charge in [0.2, 0.25) is 0 Å². The predicted octanol–water partition coefficient (Wildman–Crippen LogP) is 4.68. The highest BCUT2D eigenvalue weighted by Gasteiger charge is 2.18. The fourth-order valence-electron chi connectivity index (χ4n) is 3.23. The number of aryl methyl sites for hydroxylation is 1. The quantitative estimate of drug-likeness (QED) is 0.564. The van der Waals surface area contributed by atoms with Crippen LogP contribution in [-0.4, -0.2) is 37.1 Å². The zero-order chi connectivity index (χ0) is 15.4. The summed E-state index contributed by atoms with van der Waals surface area (Å²) in [6, 6.07) is 8.40. The van der Waals surface area contributed by atoms with E-state index in [1.165, 1.54) is 35.9 Å². The maximum absolute atomic E-state index is 6.26. The van der Waals surface area contributed by atoms with E-state index in [9.17, 15) is 0 Å². The Hall–Kier alpha value is -1.03. The van der Waals surface area contributed by atoms with Crippen LogP contribution in [0, 0.1) is 0 Å². The number of ether oxygens (including phenoxy) is 1. The summed E-state index contributed by atoms with van der Waals surface area (Å²) in [5.74, 6) is 1.10. The predicted molar refractivity (Wildman–Crippen MR) is 106 cm³/mol. The molecule has 1 aliphatic rings. The summed E-state index contributed by atoms with van der Waals surface area (Å²) in [6.45, 7) is 1.84. The first kappa shape index (κ1) is 21.0. The molecule has 134 valence electrons. The van der Waals surface area contributed by atoms with Crippen LogP contribution in [0.3, 0.4) is 0 Å². The van der Waals surface area contributed by atoms with Gasteiger partial charge in [-0.2, -0.15) is 0 Å². The van der Waals surface area contributed by atoms with Crippen LogP contribution >= 0.6 is 24.8 Å². The van der Waals surface area contributed by atoms with Gasteiger partial charge in [0, 0.05) is 23.2 Å². The van der Waals surface area contributed by atoms with Crippen LogP contribution < -0.4 is 4.74 Å². The second kappa shape index (κ2) is 10.1. The Kier molecular flexibility index (Phi) is 8.82. The minimum atomic E-state index is 0. The van der Waals surface area contributed by atoms with Crippen molar-refractivity contribution in [2.24, 2.45) is 0 Å². The Labute approximate surface area is 157 Å². The van der Waals surface area contributed by atoms with Gasteiger partial charge in [-0.15, -0.1) is 24.8 Å². The van der Waals surface area contributed by atoms with Crippen molar-refractivity contribution < 1.29 is 4.74 Å². The van der Waals surface area contributed by atoms with Crippen LogP contribution in [0.1, 0.15) is 36.9 Å². The second-order valence-electron chi connectivity index (χ2n) is 6.45. The third kappa shape index (κ3) is 4.98. The van der Waals surface area contributed by atoms with Crippen molar-refractivity contribution in [1.29, 1.82) is 0 Å². The van der Waals surface area contributed by atoms with E-state index in [-0.39, 0.29) is 24.8 Å². The van der Waals surface area contributed by atoms with Crippen molar-refractivity contribution in [3.63, 3.8) is 0 Å². The molecule has 1 heterocycles. The van der Waals surface area contributed by atoms with Gasteiger partial charge in [-0.25, -0.2) is 0 Å². The van der Waals surface area contributed by atoms with Crippen molar-refractivity contribution in [2.45, 2.75) is 38.5 Å². The summed E-state index contributed by atoms with van der Waals surface area (Å²) < 4.78 is 6.26. The molecule has 24 heavy (non-hydrogen) atoms. The molecule has 0 spiro atoms. The smallest absolute Gasteiger partial charge is 0.133 e. The molecule has 0 saturated carbocycles. The number of hydrogen-bond acceptors (Lipinski definition) is 3. The third-order valence-corrected chi connectivity index (χ3v) is 4.36. The van der Waals surface area contributed by atoms with Crippen LogP contribution in [0.2, 0.25) is 0 Å². The lowest BCUT2D eigenvalue weighted by atomic mass is 10.0. The van der Waals surface area contributed by atoms with Crippen LogP contribution in [-0.2, 0) is 12.8 Å². The van der Waals surface area contributed by atoms with Crippen molar-refractivity contribution >= 4 is 35.7 Å². The van der Waals surface area contributed by atoms with Crippen LogP contribution in [0.25, 0.3) is 10.9 Å². The number of nitrogens with zero attached hydrogens (tertiary/aromatic N) is 2. The molecular weight excluding hydrogens is 343 g/mol. The van der Waals surface area contributed by atoms with Gasteiger partial charge in [0.25, 0.3) is 0 Å².